The molecule has 0 amide bonds. The van der Waals surface area contributed by atoms with Crippen molar-refractivity contribution in [2.24, 2.45) is 17.8 Å². The highest BCUT2D eigenvalue weighted by Crippen LogP contribution is 2.31. The van der Waals surface area contributed by atoms with Gasteiger partial charge in [-0.2, -0.15) is 0 Å². The number of cyclic esters (lactones) is 1. The van der Waals surface area contributed by atoms with E-state index in [-0.39, 0.29) is 23.9 Å². The highest BCUT2D eigenvalue weighted by atomic mass is 16.5. The summed E-state index contributed by atoms with van der Waals surface area (Å²) in [5.41, 5.74) is 0. The Labute approximate surface area is 85.5 Å². The molecule has 0 bridgehead atoms. The summed E-state index contributed by atoms with van der Waals surface area (Å²) < 4.78 is 5.34. The number of esters is 1. The molecule has 0 saturated carbocycles. The van der Waals surface area contributed by atoms with Crippen molar-refractivity contribution in [2.45, 2.75) is 46.3 Å². The van der Waals surface area contributed by atoms with Crippen molar-refractivity contribution in [3.63, 3.8) is 0 Å². The fraction of sp³-hybridized carbons (Fsp3) is 0.909. The van der Waals surface area contributed by atoms with Crippen molar-refractivity contribution >= 4 is 5.97 Å². The van der Waals surface area contributed by atoms with Gasteiger partial charge >= 0.3 is 5.97 Å². The molecule has 0 aromatic carbocycles. The molecule has 3 heteroatoms. The van der Waals surface area contributed by atoms with E-state index in [0.717, 1.165) is 6.42 Å². The van der Waals surface area contributed by atoms with Crippen LogP contribution in [0.4, 0.5) is 0 Å². The van der Waals surface area contributed by atoms with Crippen LogP contribution in [0.1, 0.15) is 34.1 Å². The molecule has 5 atom stereocenters. The van der Waals surface area contributed by atoms with Gasteiger partial charge in [-0.05, 0) is 12.8 Å². The van der Waals surface area contributed by atoms with E-state index in [1.165, 1.54) is 0 Å². The maximum atomic E-state index is 11.4. The number of hydrogen-bond donors (Lipinski definition) is 1. The van der Waals surface area contributed by atoms with E-state index in [9.17, 15) is 9.90 Å². The lowest BCUT2D eigenvalue weighted by Crippen LogP contribution is -2.48. The molecule has 1 saturated heterocycles. The standard InChI is InChI=1S/C11H20O3/c1-5-6(2)10-7(3)9(12)8(4)11(13)14-10/h6-10,12H,5H2,1-4H3. The van der Waals surface area contributed by atoms with Crippen molar-refractivity contribution < 1.29 is 14.6 Å². The summed E-state index contributed by atoms with van der Waals surface area (Å²) in [5, 5.41) is 9.83. The van der Waals surface area contributed by atoms with E-state index in [1.54, 1.807) is 6.92 Å². The Hall–Kier alpha value is -0.570. The van der Waals surface area contributed by atoms with Crippen LogP contribution in [0, 0.1) is 17.8 Å². The second-order valence-electron chi connectivity index (χ2n) is 4.43. The summed E-state index contributed by atoms with van der Waals surface area (Å²) in [7, 11) is 0. The zero-order chi connectivity index (χ0) is 10.9. The Morgan fingerprint density at radius 3 is 2.57 bits per heavy atom. The maximum Gasteiger partial charge on any atom is 0.311 e. The second kappa shape index (κ2) is 4.30. The monoisotopic (exact) mass is 200 g/mol. The highest BCUT2D eigenvalue weighted by Gasteiger charge is 2.41. The summed E-state index contributed by atoms with van der Waals surface area (Å²) in [5.74, 6) is -0.292. The van der Waals surface area contributed by atoms with Crippen LogP contribution in [0.3, 0.4) is 0 Å². The molecule has 1 N–H and O–H groups in total. The molecule has 1 heterocycles. The largest absolute Gasteiger partial charge is 0.461 e. The molecule has 0 aliphatic carbocycles. The molecular formula is C11H20O3. The summed E-state index contributed by atoms with van der Waals surface area (Å²) in [6.07, 6.45) is 0.276. The number of hydrogen-bond acceptors (Lipinski definition) is 3. The van der Waals surface area contributed by atoms with Crippen molar-refractivity contribution in [1.29, 1.82) is 0 Å². The first kappa shape index (κ1) is 11.5. The topological polar surface area (TPSA) is 46.5 Å². The third-order valence-electron chi connectivity index (χ3n) is 3.40. The Balaban J connectivity index is 2.75. The van der Waals surface area contributed by atoms with Crippen LogP contribution < -0.4 is 0 Å². The summed E-state index contributed by atoms with van der Waals surface area (Å²) in [6, 6.07) is 0. The van der Waals surface area contributed by atoms with Gasteiger partial charge in [0.25, 0.3) is 0 Å². The van der Waals surface area contributed by atoms with Gasteiger partial charge in [0.15, 0.2) is 0 Å². The molecular weight excluding hydrogens is 180 g/mol. The molecule has 1 rings (SSSR count). The minimum absolute atomic E-state index is 0.0395. The molecule has 3 nitrogen and oxygen atoms in total. The van der Waals surface area contributed by atoms with E-state index >= 15 is 0 Å². The van der Waals surface area contributed by atoms with E-state index in [0.29, 0.717) is 5.92 Å². The normalized spacial score (nSPS) is 40.5. The molecule has 14 heavy (non-hydrogen) atoms. The van der Waals surface area contributed by atoms with Crippen LogP contribution in [-0.4, -0.2) is 23.3 Å². The molecule has 1 fully saturated rings. The number of carbonyl (C=O) groups excluding carboxylic acids is 1. The smallest absolute Gasteiger partial charge is 0.311 e. The number of rotatable bonds is 2. The predicted octanol–water partition coefficient (Wildman–Crippen LogP) is 1.59. The van der Waals surface area contributed by atoms with Crippen molar-refractivity contribution in [2.75, 3.05) is 0 Å². The second-order valence-corrected chi connectivity index (χ2v) is 4.43. The molecule has 5 unspecified atom stereocenters. The molecule has 1 aliphatic heterocycles. The SMILES string of the molecule is CCC(C)C1OC(=O)C(C)C(O)C1C. The highest BCUT2D eigenvalue weighted by molar-refractivity contribution is 5.73. The Morgan fingerprint density at radius 1 is 1.50 bits per heavy atom. The van der Waals surface area contributed by atoms with Crippen molar-refractivity contribution in [3.8, 4) is 0 Å². The molecule has 82 valence electrons. The van der Waals surface area contributed by atoms with Gasteiger partial charge in [0, 0.05) is 5.92 Å². The van der Waals surface area contributed by atoms with Crippen LogP contribution in [0.5, 0.6) is 0 Å². The molecule has 0 aromatic rings. The van der Waals surface area contributed by atoms with E-state index in [4.69, 9.17) is 4.74 Å². The van der Waals surface area contributed by atoms with Gasteiger partial charge in [0.05, 0.1) is 12.0 Å². The van der Waals surface area contributed by atoms with Crippen LogP contribution in [0.15, 0.2) is 0 Å². The van der Waals surface area contributed by atoms with Gasteiger partial charge in [0.2, 0.25) is 0 Å². The van der Waals surface area contributed by atoms with Gasteiger partial charge in [-0.3, -0.25) is 4.79 Å². The molecule has 0 aromatic heterocycles. The summed E-state index contributed by atoms with van der Waals surface area (Å²) >= 11 is 0. The Kier molecular flexibility index (Phi) is 3.53. The van der Waals surface area contributed by atoms with E-state index in [1.807, 2.05) is 6.92 Å². The van der Waals surface area contributed by atoms with Crippen molar-refractivity contribution in [1.82, 2.24) is 0 Å². The Morgan fingerprint density at radius 2 is 2.07 bits per heavy atom. The van der Waals surface area contributed by atoms with Gasteiger partial charge in [-0.15, -0.1) is 0 Å². The van der Waals surface area contributed by atoms with E-state index < -0.39 is 6.10 Å². The van der Waals surface area contributed by atoms with Gasteiger partial charge in [0.1, 0.15) is 6.10 Å². The van der Waals surface area contributed by atoms with Crippen LogP contribution >= 0.6 is 0 Å². The quantitative estimate of drug-likeness (QED) is 0.688. The van der Waals surface area contributed by atoms with Crippen LogP contribution in [0.25, 0.3) is 0 Å². The number of aliphatic hydroxyl groups is 1. The average Bonchev–Trinajstić information content (AvgIpc) is 2.19. The first-order valence-corrected chi connectivity index (χ1v) is 5.37. The fourth-order valence-electron chi connectivity index (χ4n) is 2.00. The fourth-order valence-corrected chi connectivity index (χ4v) is 2.00. The third kappa shape index (κ3) is 1.92. The summed E-state index contributed by atoms with van der Waals surface area (Å²) in [4.78, 5) is 11.4. The number of aliphatic hydroxyl groups excluding tert-OH is 1. The molecule has 1 aliphatic rings. The lowest BCUT2D eigenvalue weighted by molar-refractivity contribution is -0.182. The third-order valence-corrected chi connectivity index (χ3v) is 3.40. The number of ether oxygens (including phenoxy) is 1. The Bertz CT molecular complexity index is 215. The molecule has 0 radical (unpaired) electrons. The zero-order valence-corrected chi connectivity index (χ0v) is 9.36. The van der Waals surface area contributed by atoms with Gasteiger partial charge in [-0.1, -0.05) is 27.2 Å². The number of carbonyl (C=O) groups is 1. The summed E-state index contributed by atoms with van der Waals surface area (Å²) in [6.45, 7) is 7.79. The first-order chi connectivity index (χ1) is 6.49. The average molecular weight is 200 g/mol. The van der Waals surface area contributed by atoms with Crippen LogP contribution in [0.2, 0.25) is 0 Å². The predicted molar refractivity (Wildman–Crippen MR) is 53.7 cm³/mol. The lowest BCUT2D eigenvalue weighted by Gasteiger charge is -2.38. The zero-order valence-electron chi connectivity index (χ0n) is 9.36. The van der Waals surface area contributed by atoms with Crippen molar-refractivity contribution in [3.05, 3.63) is 0 Å². The van der Waals surface area contributed by atoms with Gasteiger partial charge in [-0.25, -0.2) is 0 Å². The van der Waals surface area contributed by atoms with Gasteiger partial charge < -0.3 is 9.84 Å². The lowest BCUT2D eigenvalue weighted by atomic mass is 9.81. The van der Waals surface area contributed by atoms with E-state index in [2.05, 4.69) is 13.8 Å². The minimum Gasteiger partial charge on any atom is -0.461 e. The first-order valence-electron chi connectivity index (χ1n) is 5.37. The maximum absolute atomic E-state index is 11.4. The molecule has 0 spiro atoms. The van der Waals surface area contributed by atoms with Crippen LogP contribution in [-0.2, 0) is 9.53 Å². The minimum atomic E-state index is -0.560.